The highest BCUT2D eigenvalue weighted by molar-refractivity contribution is 5.89. The van der Waals surface area contributed by atoms with Crippen LogP contribution >= 0.6 is 0 Å². The van der Waals surface area contributed by atoms with Crippen LogP contribution in [0.4, 0.5) is 10.5 Å². The Morgan fingerprint density at radius 2 is 1.79 bits per heavy atom. The van der Waals surface area contributed by atoms with Gasteiger partial charge in [-0.05, 0) is 61.0 Å². The van der Waals surface area contributed by atoms with Gasteiger partial charge in [-0.2, -0.15) is 0 Å². The van der Waals surface area contributed by atoms with E-state index >= 15 is 0 Å². The molecule has 1 aromatic carbocycles. The molecule has 0 unspecified atom stereocenters. The summed E-state index contributed by atoms with van der Waals surface area (Å²) in [4.78, 5) is 26.9. The highest BCUT2D eigenvalue weighted by Gasteiger charge is 2.57. The van der Waals surface area contributed by atoms with Crippen LogP contribution in [0.1, 0.15) is 46.5 Å². The van der Waals surface area contributed by atoms with Crippen molar-refractivity contribution in [3.63, 3.8) is 0 Å². The van der Waals surface area contributed by atoms with Crippen LogP contribution in [0.25, 0.3) is 0 Å². The molecule has 0 radical (unpaired) electrons. The van der Waals surface area contributed by atoms with E-state index in [1.165, 1.54) is 6.42 Å². The minimum Gasteiger partial charge on any atom is -0.462 e. The second-order valence-corrected chi connectivity index (χ2v) is 9.49. The van der Waals surface area contributed by atoms with Crippen LogP contribution in [0, 0.1) is 29.1 Å². The van der Waals surface area contributed by atoms with Crippen LogP contribution in [0.15, 0.2) is 30.3 Å². The van der Waals surface area contributed by atoms with Crippen molar-refractivity contribution < 1.29 is 14.3 Å². The average Bonchev–Trinajstić information content (AvgIpc) is 2.69. The Kier molecular flexibility index (Phi) is 5.11. The highest BCUT2D eigenvalue weighted by Crippen LogP contribution is 2.61. The summed E-state index contributed by atoms with van der Waals surface area (Å²) < 4.78 is 5.97. The fraction of sp³-hybridized carbons (Fsp3) is 0.652. The summed E-state index contributed by atoms with van der Waals surface area (Å²) in [5.74, 6) is 1.67. The van der Waals surface area contributed by atoms with Gasteiger partial charge in [0.05, 0.1) is 5.92 Å². The summed E-state index contributed by atoms with van der Waals surface area (Å²) in [6.07, 6.45) is 3.73. The van der Waals surface area contributed by atoms with Crippen molar-refractivity contribution in [3.8, 4) is 0 Å². The predicted octanol–water partition coefficient (Wildman–Crippen LogP) is 4.54. The number of benzene rings is 1. The molecule has 2 amide bonds. The number of urea groups is 1. The lowest BCUT2D eigenvalue weighted by Gasteiger charge is -2.61. The molecule has 0 aromatic heterocycles. The number of anilines is 1. The molecule has 4 aliphatic rings. The summed E-state index contributed by atoms with van der Waals surface area (Å²) in [6, 6.07) is 9.37. The minimum absolute atomic E-state index is 0.0564. The maximum atomic E-state index is 12.7. The first-order chi connectivity index (χ1) is 13.4. The molecule has 0 spiro atoms. The fourth-order valence-electron chi connectivity index (χ4n) is 5.55. The molecule has 2 bridgehead atoms. The molecule has 3 saturated carbocycles. The number of carbonyl (C=O) groups excluding carboxylic acids is 2. The number of para-hydroxylation sites is 1. The van der Waals surface area contributed by atoms with Gasteiger partial charge in [0.1, 0.15) is 6.10 Å². The van der Waals surface area contributed by atoms with Gasteiger partial charge in [-0.15, -0.1) is 0 Å². The number of nitrogens with one attached hydrogen (secondary N) is 1. The average molecular weight is 385 g/mol. The van der Waals surface area contributed by atoms with E-state index in [1.807, 2.05) is 30.3 Å². The molecule has 1 aromatic rings. The normalized spacial score (nSPS) is 31.6. The molecule has 5 nitrogen and oxygen atoms in total. The first kappa shape index (κ1) is 19.3. The third kappa shape index (κ3) is 3.51. The monoisotopic (exact) mass is 384 g/mol. The molecule has 3 aliphatic carbocycles. The number of carbonyl (C=O) groups is 2. The second kappa shape index (κ2) is 7.41. The topological polar surface area (TPSA) is 58.6 Å². The van der Waals surface area contributed by atoms with Gasteiger partial charge >= 0.3 is 12.0 Å². The van der Waals surface area contributed by atoms with Gasteiger partial charge in [-0.1, -0.05) is 39.0 Å². The lowest BCUT2D eigenvalue weighted by molar-refractivity contribution is -0.190. The number of ether oxygens (including phenoxy) is 1. The van der Waals surface area contributed by atoms with Crippen molar-refractivity contribution >= 4 is 17.7 Å². The second-order valence-electron chi connectivity index (χ2n) is 9.49. The fourth-order valence-corrected chi connectivity index (χ4v) is 5.55. The number of fused-ring (bicyclic) bond motifs is 2. The van der Waals surface area contributed by atoms with Crippen LogP contribution in [-0.2, 0) is 9.53 Å². The number of nitrogens with zero attached hydrogens (tertiary/aromatic N) is 1. The molecule has 4 fully saturated rings. The van der Waals surface area contributed by atoms with Crippen LogP contribution in [0.3, 0.4) is 0 Å². The molecular formula is C23H32N2O3. The van der Waals surface area contributed by atoms with Gasteiger partial charge < -0.3 is 15.0 Å². The Bertz CT molecular complexity index is 725. The summed E-state index contributed by atoms with van der Waals surface area (Å²) in [5.41, 5.74) is 1.20. The van der Waals surface area contributed by atoms with Crippen molar-refractivity contribution in [3.05, 3.63) is 30.3 Å². The smallest absolute Gasteiger partial charge is 0.321 e. The van der Waals surface area contributed by atoms with Gasteiger partial charge in [-0.3, -0.25) is 4.79 Å². The maximum absolute atomic E-state index is 12.7. The number of piperidine rings is 1. The van der Waals surface area contributed by atoms with E-state index in [4.69, 9.17) is 4.74 Å². The number of hydrogen-bond acceptors (Lipinski definition) is 3. The summed E-state index contributed by atoms with van der Waals surface area (Å²) in [5, 5.41) is 2.92. The molecule has 1 saturated heterocycles. The molecule has 152 valence electrons. The Hall–Kier alpha value is -2.04. The standard InChI is InChI=1S/C23H32N2O3/c1-15-19-13-17(23(19,2)3)14-20(15)28-21(26)16-9-11-25(12-10-16)22(27)24-18-7-5-4-6-8-18/h4-8,15-17,19-20H,9-14H2,1-3H3,(H,24,27)/t15-,17-,19-,20-/m1/s1. The van der Waals surface area contributed by atoms with Crippen molar-refractivity contribution in [2.75, 3.05) is 18.4 Å². The third-order valence-electron chi connectivity index (χ3n) is 7.69. The lowest BCUT2D eigenvalue weighted by atomic mass is 9.45. The van der Waals surface area contributed by atoms with Gasteiger partial charge in [0, 0.05) is 18.8 Å². The summed E-state index contributed by atoms with van der Waals surface area (Å²) >= 11 is 0. The predicted molar refractivity (Wildman–Crippen MR) is 109 cm³/mol. The largest absolute Gasteiger partial charge is 0.462 e. The molecule has 1 N–H and O–H groups in total. The molecule has 1 aliphatic heterocycles. The Morgan fingerprint density at radius 1 is 1.11 bits per heavy atom. The molecule has 5 rings (SSSR count). The van der Waals surface area contributed by atoms with E-state index in [0.717, 1.165) is 12.1 Å². The number of hydrogen-bond donors (Lipinski definition) is 1. The quantitative estimate of drug-likeness (QED) is 0.778. The van der Waals surface area contributed by atoms with Crippen molar-refractivity contribution in [2.45, 2.75) is 52.6 Å². The van der Waals surface area contributed by atoms with E-state index < -0.39 is 0 Å². The van der Waals surface area contributed by atoms with Crippen LogP contribution < -0.4 is 5.32 Å². The Balaban J connectivity index is 1.25. The SMILES string of the molecule is C[C@@H]1[C@H]2C[C@H](C[C@H]1OC(=O)C1CCN(C(=O)Nc3ccccc3)CC1)C2(C)C. The molecule has 4 atom stereocenters. The Labute approximate surface area is 167 Å². The molecule has 5 heteroatoms. The highest BCUT2D eigenvalue weighted by atomic mass is 16.5. The number of likely N-dealkylation sites (tertiary alicyclic amines) is 1. The molecular weight excluding hydrogens is 352 g/mol. The number of esters is 1. The maximum Gasteiger partial charge on any atom is 0.321 e. The van der Waals surface area contributed by atoms with Crippen molar-refractivity contribution in [2.24, 2.45) is 29.1 Å². The van der Waals surface area contributed by atoms with Gasteiger partial charge in [-0.25, -0.2) is 4.79 Å². The minimum atomic E-state index is -0.0961. The van der Waals surface area contributed by atoms with E-state index in [1.54, 1.807) is 4.90 Å². The van der Waals surface area contributed by atoms with Gasteiger partial charge in [0.2, 0.25) is 0 Å². The molecule has 28 heavy (non-hydrogen) atoms. The van der Waals surface area contributed by atoms with E-state index in [0.29, 0.717) is 49.1 Å². The third-order valence-corrected chi connectivity index (χ3v) is 7.69. The van der Waals surface area contributed by atoms with Crippen LogP contribution in [0.5, 0.6) is 0 Å². The Morgan fingerprint density at radius 3 is 2.39 bits per heavy atom. The number of rotatable bonds is 3. The first-order valence-corrected chi connectivity index (χ1v) is 10.7. The van der Waals surface area contributed by atoms with Crippen molar-refractivity contribution in [1.29, 1.82) is 0 Å². The zero-order valence-electron chi connectivity index (χ0n) is 17.2. The van der Waals surface area contributed by atoms with Gasteiger partial charge in [0.15, 0.2) is 0 Å². The van der Waals surface area contributed by atoms with Crippen LogP contribution in [0.2, 0.25) is 0 Å². The first-order valence-electron chi connectivity index (χ1n) is 10.7. The summed E-state index contributed by atoms with van der Waals surface area (Å²) in [6.45, 7) is 8.15. The zero-order chi connectivity index (χ0) is 19.9. The lowest BCUT2D eigenvalue weighted by Crippen LogP contribution is -2.57. The number of amides is 2. The van der Waals surface area contributed by atoms with Gasteiger partial charge in [0.25, 0.3) is 0 Å². The van der Waals surface area contributed by atoms with E-state index in [-0.39, 0.29) is 24.0 Å². The molecule has 1 heterocycles. The summed E-state index contributed by atoms with van der Waals surface area (Å²) in [7, 11) is 0. The van der Waals surface area contributed by atoms with Crippen molar-refractivity contribution in [1.82, 2.24) is 4.90 Å². The van der Waals surface area contributed by atoms with E-state index in [9.17, 15) is 9.59 Å². The van der Waals surface area contributed by atoms with E-state index in [2.05, 4.69) is 26.1 Å². The van der Waals surface area contributed by atoms with Crippen LogP contribution in [-0.4, -0.2) is 36.1 Å². The zero-order valence-corrected chi connectivity index (χ0v) is 17.2.